The second-order valence-electron chi connectivity index (χ2n) is 6.02. The number of nitrogens with one attached hydrogen (secondary N) is 1. The normalized spacial score (nSPS) is 13.2. The van der Waals surface area contributed by atoms with Crippen LogP contribution in [-0.4, -0.2) is 39.0 Å². The first kappa shape index (κ1) is 18.3. The molecule has 142 valence electrons. The lowest BCUT2D eigenvalue weighted by molar-refractivity contribution is -0.120. The Kier molecular flexibility index (Phi) is 4.93. The van der Waals surface area contributed by atoms with E-state index in [1.54, 1.807) is 36.4 Å². The molecule has 3 aromatic rings. The number of aromatic nitrogens is 3. The quantitative estimate of drug-likeness (QED) is 0.501. The van der Waals surface area contributed by atoms with Crippen molar-refractivity contribution in [2.75, 3.05) is 28.4 Å². The smallest absolute Gasteiger partial charge is 0.244 e. The molecular formula is C18H15ClN6O2S. The average Bonchev–Trinajstić information content (AvgIpc) is 3.06. The van der Waals surface area contributed by atoms with Crippen LogP contribution in [0.2, 0.25) is 5.02 Å². The van der Waals surface area contributed by atoms with E-state index >= 15 is 0 Å². The highest BCUT2D eigenvalue weighted by atomic mass is 35.5. The summed E-state index contributed by atoms with van der Waals surface area (Å²) in [4.78, 5) is 26.1. The fourth-order valence-electron chi connectivity index (χ4n) is 2.86. The van der Waals surface area contributed by atoms with Crippen LogP contribution in [0.1, 0.15) is 0 Å². The van der Waals surface area contributed by atoms with E-state index in [1.165, 1.54) is 9.58 Å². The Morgan fingerprint density at radius 1 is 1.21 bits per heavy atom. The van der Waals surface area contributed by atoms with Gasteiger partial charge in [0, 0.05) is 10.6 Å². The minimum atomic E-state index is -0.234. The second kappa shape index (κ2) is 7.53. The van der Waals surface area contributed by atoms with Crippen molar-refractivity contribution < 1.29 is 9.59 Å². The predicted molar refractivity (Wildman–Crippen MR) is 109 cm³/mol. The standard InChI is InChI=1S/C18H15ClN6O2S/c19-12-5-3-4-11(8-12)17-22-23-18(25(17)20)28-10-16(27)24-9-15(26)21-13-6-1-2-7-14(13)24/h1-8H,9-10,20H2,(H,21,26). The third-order valence-corrected chi connectivity index (χ3v) is 5.31. The van der Waals surface area contributed by atoms with Crippen molar-refractivity contribution in [1.29, 1.82) is 0 Å². The van der Waals surface area contributed by atoms with Crippen LogP contribution in [0.5, 0.6) is 0 Å². The summed E-state index contributed by atoms with van der Waals surface area (Å²) in [6.45, 7) is -0.0283. The zero-order chi connectivity index (χ0) is 19.7. The first-order chi connectivity index (χ1) is 13.5. The zero-order valence-corrected chi connectivity index (χ0v) is 16.1. The van der Waals surface area contributed by atoms with E-state index in [4.69, 9.17) is 17.4 Å². The summed E-state index contributed by atoms with van der Waals surface area (Å²) < 4.78 is 1.32. The van der Waals surface area contributed by atoms with E-state index in [0.717, 1.165) is 17.3 Å². The van der Waals surface area contributed by atoms with E-state index in [1.807, 2.05) is 12.1 Å². The van der Waals surface area contributed by atoms with E-state index < -0.39 is 0 Å². The molecule has 1 aliphatic rings. The molecule has 0 saturated heterocycles. The molecule has 1 aliphatic heterocycles. The Bertz CT molecular complexity index is 1070. The Hall–Kier alpha value is -3.04. The van der Waals surface area contributed by atoms with Crippen LogP contribution in [0.25, 0.3) is 11.4 Å². The highest BCUT2D eigenvalue weighted by Gasteiger charge is 2.27. The topological polar surface area (TPSA) is 106 Å². The minimum absolute atomic E-state index is 0.0283. The number of carbonyl (C=O) groups is 2. The molecule has 10 heteroatoms. The zero-order valence-electron chi connectivity index (χ0n) is 14.5. The summed E-state index contributed by atoms with van der Waals surface area (Å²) >= 11 is 7.16. The molecule has 0 radical (unpaired) electrons. The van der Waals surface area contributed by atoms with Crippen molar-refractivity contribution in [2.45, 2.75) is 5.16 Å². The molecule has 8 nitrogen and oxygen atoms in total. The van der Waals surface area contributed by atoms with Crippen molar-refractivity contribution in [3.63, 3.8) is 0 Å². The lowest BCUT2D eigenvalue weighted by Crippen LogP contribution is -2.43. The Morgan fingerprint density at radius 2 is 2.04 bits per heavy atom. The van der Waals surface area contributed by atoms with Crippen molar-refractivity contribution in [1.82, 2.24) is 14.9 Å². The number of anilines is 2. The number of hydrogen-bond acceptors (Lipinski definition) is 6. The lowest BCUT2D eigenvalue weighted by Gasteiger charge is -2.28. The van der Waals surface area contributed by atoms with Crippen LogP contribution in [0.4, 0.5) is 11.4 Å². The molecule has 0 fully saturated rings. The van der Waals surface area contributed by atoms with Gasteiger partial charge in [0.15, 0.2) is 5.82 Å². The molecule has 0 aliphatic carbocycles. The Morgan fingerprint density at radius 3 is 2.86 bits per heavy atom. The average molecular weight is 415 g/mol. The van der Waals surface area contributed by atoms with Crippen LogP contribution in [0.15, 0.2) is 53.7 Å². The SMILES string of the molecule is Nn1c(SCC(=O)N2CC(=O)Nc3ccccc32)nnc1-c1cccc(Cl)c1. The van der Waals surface area contributed by atoms with Crippen LogP contribution in [-0.2, 0) is 9.59 Å². The molecule has 3 N–H and O–H groups in total. The summed E-state index contributed by atoms with van der Waals surface area (Å²) in [5, 5.41) is 11.8. The van der Waals surface area contributed by atoms with Crippen LogP contribution in [0.3, 0.4) is 0 Å². The number of benzene rings is 2. The minimum Gasteiger partial charge on any atom is -0.335 e. The van der Waals surface area contributed by atoms with Crippen LogP contribution in [0, 0.1) is 0 Å². The summed E-state index contributed by atoms with van der Waals surface area (Å²) in [6, 6.07) is 14.3. The maximum Gasteiger partial charge on any atom is 0.244 e. The number of para-hydroxylation sites is 2. The Balaban J connectivity index is 1.50. The molecule has 0 bridgehead atoms. The molecule has 28 heavy (non-hydrogen) atoms. The number of hydrogen-bond donors (Lipinski definition) is 2. The van der Waals surface area contributed by atoms with Gasteiger partial charge < -0.3 is 16.1 Å². The third kappa shape index (κ3) is 3.54. The first-order valence-corrected chi connectivity index (χ1v) is 9.68. The number of amides is 2. The van der Waals surface area contributed by atoms with Gasteiger partial charge in [0.05, 0.1) is 17.1 Å². The first-order valence-electron chi connectivity index (χ1n) is 8.31. The van der Waals surface area contributed by atoms with Crippen LogP contribution < -0.4 is 16.1 Å². The molecular weight excluding hydrogens is 400 g/mol. The van der Waals surface area contributed by atoms with Crippen molar-refractivity contribution in [3.05, 3.63) is 53.6 Å². The van der Waals surface area contributed by atoms with Gasteiger partial charge in [0.2, 0.25) is 17.0 Å². The molecule has 2 aromatic carbocycles. The van der Waals surface area contributed by atoms with Gasteiger partial charge in [-0.1, -0.05) is 47.6 Å². The summed E-state index contributed by atoms with van der Waals surface area (Å²) in [7, 11) is 0. The summed E-state index contributed by atoms with van der Waals surface area (Å²) in [5.74, 6) is 6.14. The molecule has 0 atom stereocenters. The van der Waals surface area contributed by atoms with Crippen molar-refractivity contribution in [2.24, 2.45) is 0 Å². The number of nitrogens with zero attached hydrogens (tertiary/aromatic N) is 4. The van der Waals surface area contributed by atoms with Crippen molar-refractivity contribution >= 4 is 46.6 Å². The predicted octanol–water partition coefficient (Wildman–Crippen LogP) is 2.39. The van der Waals surface area contributed by atoms with Gasteiger partial charge in [-0.3, -0.25) is 9.59 Å². The maximum absolute atomic E-state index is 12.7. The highest BCUT2D eigenvalue weighted by molar-refractivity contribution is 7.99. The van der Waals surface area contributed by atoms with E-state index in [9.17, 15) is 9.59 Å². The fraction of sp³-hybridized carbons (Fsp3) is 0.111. The van der Waals surface area contributed by atoms with Crippen LogP contribution >= 0.6 is 23.4 Å². The second-order valence-corrected chi connectivity index (χ2v) is 7.40. The molecule has 1 aromatic heterocycles. The third-order valence-electron chi connectivity index (χ3n) is 4.14. The van der Waals surface area contributed by atoms with E-state index in [2.05, 4.69) is 15.5 Å². The molecule has 4 rings (SSSR count). The number of halogens is 1. The van der Waals surface area contributed by atoms with Gasteiger partial charge >= 0.3 is 0 Å². The fourth-order valence-corrected chi connectivity index (χ4v) is 3.78. The molecule has 0 saturated carbocycles. The van der Waals surface area contributed by atoms with Gasteiger partial charge in [0.25, 0.3) is 0 Å². The summed E-state index contributed by atoms with van der Waals surface area (Å²) in [5.41, 5.74) is 2.01. The number of thioether (sulfide) groups is 1. The number of nitrogens with two attached hydrogens (primary N) is 1. The molecule has 2 amide bonds. The van der Waals surface area contributed by atoms with Gasteiger partial charge in [-0.25, -0.2) is 4.68 Å². The maximum atomic E-state index is 12.7. The van der Waals surface area contributed by atoms with Gasteiger partial charge in [-0.2, -0.15) is 0 Å². The largest absolute Gasteiger partial charge is 0.335 e. The number of carbonyl (C=O) groups excluding carboxylic acids is 2. The molecule has 2 heterocycles. The molecule has 0 unspecified atom stereocenters. The van der Waals surface area contributed by atoms with Crippen molar-refractivity contribution in [3.8, 4) is 11.4 Å². The number of nitrogen functional groups attached to an aromatic ring is 1. The molecule has 0 spiro atoms. The number of fused-ring (bicyclic) bond motifs is 1. The van der Waals surface area contributed by atoms with Gasteiger partial charge in [-0.15, -0.1) is 10.2 Å². The van der Waals surface area contributed by atoms with Gasteiger partial charge in [-0.05, 0) is 24.3 Å². The van der Waals surface area contributed by atoms with E-state index in [0.29, 0.717) is 27.4 Å². The van der Waals surface area contributed by atoms with E-state index in [-0.39, 0.29) is 24.1 Å². The number of rotatable bonds is 4. The highest BCUT2D eigenvalue weighted by Crippen LogP contribution is 2.30. The lowest BCUT2D eigenvalue weighted by atomic mass is 10.2. The Labute approximate surface area is 169 Å². The monoisotopic (exact) mass is 414 g/mol. The van der Waals surface area contributed by atoms with Gasteiger partial charge in [0.1, 0.15) is 6.54 Å². The summed E-state index contributed by atoms with van der Waals surface area (Å²) in [6.07, 6.45) is 0.